The third-order valence-corrected chi connectivity index (χ3v) is 3.92. The van der Waals surface area contributed by atoms with Crippen molar-refractivity contribution in [2.24, 2.45) is 0 Å². The van der Waals surface area contributed by atoms with E-state index in [-0.39, 0.29) is 11.9 Å². The summed E-state index contributed by atoms with van der Waals surface area (Å²) in [4.78, 5) is 16.3. The van der Waals surface area contributed by atoms with Gasteiger partial charge in [-0.3, -0.25) is 4.79 Å². The number of benzene rings is 1. The van der Waals surface area contributed by atoms with Crippen molar-refractivity contribution in [2.75, 3.05) is 10.6 Å². The van der Waals surface area contributed by atoms with Gasteiger partial charge in [-0.2, -0.15) is 0 Å². The van der Waals surface area contributed by atoms with Gasteiger partial charge in [-0.05, 0) is 43.5 Å². The number of amides is 1. The van der Waals surface area contributed by atoms with E-state index in [1.807, 2.05) is 18.4 Å². The average Bonchev–Trinajstić information content (AvgIpc) is 2.92. The van der Waals surface area contributed by atoms with Gasteiger partial charge < -0.3 is 10.6 Å². The summed E-state index contributed by atoms with van der Waals surface area (Å²) in [5, 5.41) is 8.57. The zero-order valence-electron chi connectivity index (χ0n) is 11.9. The van der Waals surface area contributed by atoms with Gasteiger partial charge >= 0.3 is 0 Å². The van der Waals surface area contributed by atoms with Crippen molar-refractivity contribution < 1.29 is 4.79 Å². The maximum absolute atomic E-state index is 12.2. The summed E-state index contributed by atoms with van der Waals surface area (Å²) in [7, 11) is 0. The minimum Gasteiger partial charge on any atom is -0.374 e. The van der Waals surface area contributed by atoms with Gasteiger partial charge in [-0.1, -0.05) is 13.0 Å². The number of hydrogen-bond acceptors (Lipinski definition) is 4. The summed E-state index contributed by atoms with van der Waals surface area (Å²) in [5.74, 6) is -0.0549. The second-order valence-corrected chi connectivity index (χ2v) is 5.63. The van der Waals surface area contributed by atoms with Gasteiger partial charge in [0.25, 0.3) is 0 Å². The zero-order valence-corrected chi connectivity index (χ0v) is 12.8. The number of hydrogen-bond donors (Lipinski definition) is 2. The van der Waals surface area contributed by atoms with Crippen LogP contribution in [0.15, 0.2) is 29.8 Å². The van der Waals surface area contributed by atoms with Crippen molar-refractivity contribution in [3.8, 4) is 0 Å². The highest BCUT2D eigenvalue weighted by Gasteiger charge is 2.17. The first-order chi connectivity index (χ1) is 9.60. The van der Waals surface area contributed by atoms with E-state index in [9.17, 15) is 4.79 Å². The van der Waals surface area contributed by atoms with Crippen LogP contribution in [-0.2, 0) is 4.79 Å². The molecule has 0 saturated heterocycles. The monoisotopic (exact) mass is 289 g/mol. The Morgan fingerprint density at radius 1 is 1.35 bits per heavy atom. The van der Waals surface area contributed by atoms with Crippen molar-refractivity contribution in [1.29, 1.82) is 0 Å². The maximum atomic E-state index is 12.2. The Kier molecular flexibility index (Phi) is 4.74. The van der Waals surface area contributed by atoms with Crippen LogP contribution in [0.1, 0.15) is 24.5 Å². The van der Waals surface area contributed by atoms with Crippen molar-refractivity contribution >= 4 is 28.1 Å². The Morgan fingerprint density at radius 2 is 2.15 bits per heavy atom. The van der Waals surface area contributed by atoms with E-state index >= 15 is 0 Å². The number of carbonyl (C=O) groups is 1. The molecule has 0 bridgehead atoms. The summed E-state index contributed by atoms with van der Waals surface area (Å²) < 4.78 is 0. The van der Waals surface area contributed by atoms with Crippen LogP contribution in [0.5, 0.6) is 0 Å². The van der Waals surface area contributed by atoms with E-state index in [4.69, 9.17) is 0 Å². The van der Waals surface area contributed by atoms with Crippen LogP contribution < -0.4 is 10.6 Å². The first-order valence-electron chi connectivity index (χ1n) is 6.64. The summed E-state index contributed by atoms with van der Waals surface area (Å²) >= 11 is 1.42. The van der Waals surface area contributed by atoms with Crippen LogP contribution in [0.4, 0.5) is 10.8 Å². The van der Waals surface area contributed by atoms with Gasteiger partial charge in [0.1, 0.15) is 6.04 Å². The largest absolute Gasteiger partial charge is 0.374 e. The topological polar surface area (TPSA) is 54.0 Å². The van der Waals surface area contributed by atoms with E-state index in [2.05, 4.69) is 41.6 Å². The van der Waals surface area contributed by atoms with Crippen molar-refractivity contribution in [1.82, 2.24) is 4.98 Å². The van der Waals surface area contributed by atoms with E-state index in [0.29, 0.717) is 11.6 Å². The second-order valence-electron chi connectivity index (χ2n) is 4.73. The number of anilines is 2. The maximum Gasteiger partial charge on any atom is 0.248 e. The predicted octanol–water partition coefficient (Wildman–Crippen LogP) is 3.59. The number of carbonyl (C=O) groups excluding carboxylic acids is 1. The molecule has 0 aliphatic rings. The molecule has 5 heteroatoms. The molecular weight excluding hydrogens is 270 g/mol. The van der Waals surface area contributed by atoms with Crippen LogP contribution in [0.3, 0.4) is 0 Å². The fourth-order valence-corrected chi connectivity index (χ4v) is 2.39. The molecule has 1 heterocycles. The van der Waals surface area contributed by atoms with Crippen LogP contribution in [0.25, 0.3) is 0 Å². The Bertz CT molecular complexity index is 581. The highest BCUT2D eigenvalue weighted by molar-refractivity contribution is 7.13. The normalized spacial score (nSPS) is 11.9. The van der Waals surface area contributed by atoms with E-state index < -0.39 is 0 Å². The number of nitrogens with one attached hydrogen (secondary N) is 2. The molecule has 0 fully saturated rings. The highest BCUT2D eigenvalue weighted by atomic mass is 32.1. The number of aryl methyl sites for hydroxylation is 2. The van der Waals surface area contributed by atoms with Gasteiger partial charge in [-0.15, -0.1) is 11.3 Å². The Balaban J connectivity index is 2.04. The quantitative estimate of drug-likeness (QED) is 0.884. The van der Waals surface area contributed by atoms with Crippen LogP contribution in [0.2, 0.25) is 0 Å². The molecule has 20 heavy (non-hydrogen) atoms. The van der Waals surface area contributed by atoms with Crippen LogP contribution in [-0.4, -0.2) is 16.9 Å². The fourth-order valence-electron chi connectivity index (χ4n) is 1.86. The minimum absolute atomic E-state index is 0.0549. The molecule has 2 N–H and O–H groups in total. The lowest BCUT2D eigenvalue weighted by Gasteiger charge is -2.17. The molecule has 1 aromatic heterocycles. The number of nitrogens with zero attached hydrogens (tertiary/aromatic N) is 1. The first kappa shape index (κ1) is 14.5. The molecule has 1 amide bonds. The predicted molar refractivity (Wildman–Crippen MR) is 84.4 cm³/mol. The van der Waals surface area contributed by atoms with Crippen molar-refractivity contribution in [3.05, 3.63) is 40.9 Å². The lowest BCUT2D eigenvalue weighted by Crippen LogP contribution is -2.34. The van der Waals surface area contributed by atoms with Crippen molar-refractivity contribution in [2.45, 2.75) is 33.2 Å². The van der Waals surface area contributed by atoms with Crippen LogP contribution in [0, 0.1) is 13.8 Å². The summed E-state index contributed by atoms with van der Waals surface area (Å²) in [5.41, 5.74) is 3.43. The average molecular weight is 289 g/mol. The molecule has 2 aromatic rings. The molecule has 1 atom stereocenters. The summed E-state index contributed by atoms with van der Waals surface area (Å²) in [6.45, 7) is 6.13. The Labute approximate surface area is 123 Å². The molecule has 0 spiro atoms. The van der Waals surface area contributed by atoms with E-state index in [1.165, 1.54) is 22.5 Å². The molecule has 0 saturated carbocycles. The first-order valence-corrected chi connectivity index (χ1v) is 7.52. The third kappa shape index (κ3) is 3.57. The summed E-state index contributed by atoms with van der Waals surface area (Å²) in [6.07, 6.45) is 2.39. The van der Waals surface area contributed by atoms with Gasteiger partial charge in [0, 0.05) is 17.3 Å². The Morgan fingerprint density at radius 3 is 2.75 bits per heavy atom. The molecule has 0 unspecified atom stereocenters. The summed E-state index contributed by atoms with van der Waals surface area (Å²) in [6, 6.07) is 5.86. The third-order valence-electron chi connectivity index (χ3n) is 3.23. The lowest BCUT2D eigenvalue weighted by molar-refractivity contribution is -0.116. The molecule has 2 rings (SSSR count). The second kappa shape index (κ2) is 6.52. The SMILES string of the molecule is CC[C@@H](Nc1ccc(C)c(C)c1)C(=O)Nc1nccs1. The standard InChI is InChI=1S/C15H19N3OS/c1-4-13(14(19)18-15-16-7-8-20-15)17-12-6-5-10(2)11(3)9-12/h5-9,13,17H,4H2,1-3H3,(H,16,18,19)/t13-/m1/s1. The van der Waals surface area contributed by atoms with Gasteiger partial charge in [0.05, 0.1) is 0 Å². The van der Waals surface area contributed by atoms with E-state index in [0.717, 1.165) is 5.69 Å². The molecule has 0 aliphatic carbocycles. The number of rotatable bonds is 5. The molecule has 0 aliphatic heterocycles. The van der Waals surface area contributed by atoms with Gasteiger partial charge in [0.15, 0.2) is 5.13 Å². The molecule has 1 aromatic carbocycles. The van der Waals surface area contributed by atoms with Crippen LogP contribution >= 0.6 is 11.3 Å². The molecule has 4 nitrogen and oxygen atoms in total. The molecule has 0 radical (unpaired) electrons. The molecule has 106 valence electrons. The van der Waals surface area contributed by atoms with Gasteiger partial charge in [0.2, 0.25) is 5.91 Å². The zero-order chi connectivity index (χ0) is 14.5. The van der Waals surface area contributed by atoms with Gasteiger partial charge in [-0.25, -0.2) is 4.98 Å². The van der Waals surface area contributed by atoms with E-state index in [1.54, 1.807) is 6.20 Å². The lowest BCUT2D eigenvalue weighted by atomic mass is 10.1. The number of aromatic nitrogens is 1. The minimum atomic E-state index is -0.263. The number of thiazole rings is 1. The molecular formula is C15H19N3OS. The smallest absolute Gasteiger partial charge is 0.248 e. The fraction of sp³-hybridized carbons (Fsp3) is 0.333. The Hall–Kier alpha value is -1.88. The highest BCUT2D eigenvalue weighted by Crippen LogP contribution is 2.17. The van der Waals surface area contributed by atoms with Crippen molar-refractivity contribution in [3.63, 3.8) is 0 Å².